The average Bonchev–Trinajstić information content (AvgIpc) is 3.22. The number of amides is 1. The summed E-state index contributed by atoms with van der Waals surface area (Å²) < 4.78 is 13.2. The van der Waals surface area contributed by atoms with Crippen LogP contribution in [0.25, 0.3) is 11.0 Å². The number of morpholine rings is 1. The molecule has 0 aliphatic carbocycles. The van der Waals surface area contributed by atoms with Crippen LogP contribution < -0.4 is 5.43 Å². The van der Waals surface area contributed by atoms with Crippen molar-refractivity contribution in [2.75, 3.05) is 32.8 Å². The number of carbonyl (C=O) groups is 1. The maximum absolute atomic E-state index is 13.4. The Hall–Kier alpha value is -2.68. The molecule has 1 saturated heterocycles. The van der Waals surface area contributed by atoms with Gasteiger partial charge in [0.05, 0.1) is 24.9 Å². The summed E-state index contributed by atoms with van der Waals surface area (Å²) in [5.74, 6) is 0.517. The SMILES string of the molecule is CC(C)CCn1nc(C(=O)N2CCOCC2)c2c1CCN(Cc1coc3ccc(Cl)cc3c1=O)C2. The van der Waals surface area contributed by atoms with E-state index in [0.717, 1.165) is 37.2 Å². The summed E-state index contributed by atoms with van der Waals surface area (Å²) in [5, 5.41) is 5.80. The van der Waals surface area contributed by atoms with Gasteiger partial charge in [0, 0.05) is 67.5 Å². The maximum Gasteiger partial charge on any atom is 0.274 e. The molecule has 1 aromatic carbocycles. The molecule has 0 unspecified atom stereocenters. The van der Waals surface area contributed by atoms with Crippen LogP contribution in [-0.2, 0) is 30.8 Å². The quantitative estimate of drug-likeness (QED) is 0.515. The van der Waals surface area contributed by atoms with Crippen molar-refractivity contribution in [3.63, 3.8) is 0 Å². The van der Waals surface area contributed by atoms with Crippen LogP contribution in [-0.4, -0.2) is 58.3 Å². The molecule has 0 bridgehead atoms. The lowest BCUT2D eigenvalue weighted by atomic mass is 10.0. The standard InChI is InChI=1S/C26H31ClN4O4/c1-17(2)5-8-31-22-6-7-29(14-18-16-35-23-4-3-19(27)13-20(23)25(18)32)15-21(22)24(28-31)26(33)30-9-11-34-12-10-30/h3-4,13,16-17H,5-12,14-15H2,1-2H3. The minimum Gasteiger partial charge on any atom is -0.464 e. The van der Waals surface area contributed by atoms with Gasteiger partial charge in [-0.25, -0.2) is 0 Å². The van der Waals surface area contributed by atoms with Crippen molar-refractivity contribution in [1.82, 2.24) is 19.6 Å². The summed E-state index contributed by atoms with van der Waals surface area (Å²) >= 11 is 6.11. The Labute approximate surface area is 209 Å². The largest absolute Gasteiger partial charge is 0.464 e. The molecule has 35 heavy (non-hydrogen) atoms. The minimum atomic E-state index is -0.0724. The van der Waals surface area contributed by atoms with E-state index in [9.17, 15) is 9.59 Å². The van der Waals surface area contributed by atoms with Gasteiger partial charge in [0.2, 0.25) is 0 Å². The Bertz CT molecular complexity index is 1290. The van der Waals surface area contributed by atoms with E-state index in [1.54, 1.807) is 24.5 Å². The molecule has 0 N–H and O–H groups in total. The Morgan fingerprint density at radius 1 is 1.20 bits per heavy atom. The van der Waals surface area contributed by atoms with Gasteiger partial charge in [-0.1, -0.05) is 25.4 Å². The summed E-state index contributed by atoms with van der Waals surface area (Å²) in [6.07, 6.45) is 3.32. The number of hydrogen-bond acceptors (Lipinski definition) is 6. The number of carbonyl (C=O) groups excluding carboxylic acids is 1. The van der Waals surface area contributed by atoms with Crippen molar-refractivity contribution in [1.29, 1.82) is 0 Å². The number of halogens is 1. The van der Waals surface area contributed by atoms with Crippen LogP contribution in [0, 0.1) is 5.92 Å². The highest BCUT2D eigenvalue weighted by molar-refractivity contribution is 6.31. The fourth-order valence-electron chi connectivity index (χ4n) is 4.83. The van der Waals surface area contributed by atoms with Gasteiger partial charge in [-0.3, -0.25) is 19.2 Å². The van der Waals surface area contributed by atoms with Crippen molar-refractivity contribution >= 4 is 28.5 Å². The third-order valence-electron chi connectivity index (χ3n) is 6.83. The molecule has 4 heterocycles. The van der Waals surface area contributed by atoms with Crippen LogP contribution in [0.2, 0.25) is 5.02 Å². The third kappa shape index (κ3) is 5.01. The van der Waals surface area contributed by atoms with Crippen LogP contribution in [0.15, 0.2) is 33.7 Å². The molecule has 9 heteroatoms. The highest BCUT2D eigenvalue weighted by Gasteiger charge is 2.31. The van der Waals surface area contributed by atoms with Crippen LogP contribution in [0.1, 0.15) is 47.6 Å². The molecular weight excluding hydrogens is 468 g/mol. The third-order valence-corrected chi connectivity index (χ3v) is 7.07. The van der Waals surface area contributed by atoms with E-state index < -0.39 is 0 Å². The summed E-state index contributed by atoms with van der Waals surface area (Å²) in [4.78, 5) is 30.5. The Morgan fingerprint density at radius 2 is 2.00 bits per heavy atom. The number of nitrogens with zero attached hydrogens (tertiary/aromatic N) is 4. The van der Waals surface area contributed by atoms with E-state index in [4.69, 9.17) is 25.9 Å². The monoisotopic (exact) mass is 498 g/mol. The first kappa shape index (κ1) is 24.0. The van der Waals surface area contributed by atoms with Crippen molar-refractivity contribution in [2.24, 2.45) is 5.92 Å². The first-order valence-electron chi connectivity index (χ1n) is 12.3. The van der Waals surface area contributed by atoms with Crippen molar-refractivity contribution < 1.29 is 13.9 Å². The first-order valence-corrected chi connectivity index (χ1v) is 12.7. The molecule has 8 nitrogen and oxygen atoms in total. The zero-order valence-corrected chi connectivity index (χ0v) is 21.0. The molecule has 186 valence electrons. The highest BCUT2D eigenvalue weighted by atomic mass is 35.5. The lowest BCUT2D eigenvalue weighted by molar-refractivity contribution is 0.0297. The number of aromatic nitrogens is 2. The number of hydrogen-bond donors (Lipinski definition) is 0. The number of aryl methyl sites for hydroxylation is 1. The summed E-state index contributed by atoms with van der Waals surface area (Å²) in [6, 6.07) is 5.08. The number of fused-ring (bicyclic) bond motifs is 2. The molecular formula is C26H31ClN4O4. The molecule has 1 amide bonds. The lowest BCUT2D eigenvalue weighted by Gasteiger charge is -2.29. The molecule has 0 saturated carbocycles. The predicted octanol–water partition coefficient (Wildman–Crippen LogP) is 3.72. The van der Waals surface area contributed by atoms with E-state index >= 15 is 0 Å². The molecule has 1 fully saturated rings. The zero-order valence-electron chi connectivity index (χ0n) is 20.3. The van der Waals surface area contributed by atoms with Crippen LogP contribution >= 0.6 is 11.6 Å². The molecule has 3 aromatic rings. The molecule has 2 aromatic heterocycles. The second kappa shape index (κ2) is 10.1. The Balaban J connectivity index is 1.43. The molecule has 2 aliphatic rings. The van der Waals surface area contributed by atoms with Gasteiger partial charge in [-0.2, -0.15) is 5.10 Å². The van der Waals surface area contributed by atoms with Crippen molar-refractivity contribution in [3.8, 4) is 0 Å². The fourth-order valence-corrected chi connectivity index (χ4v) is 5.00. The topological polar surface area (TPSA) is 80.8 Å². The number of benzene rings is 1. The molecule has 2 aliphatic heterocycles. The lowest BCUT2D eigenvalue weighted by Crippen LogP contribution is -2.41. The van der Waals surface area contributed by atoms with E-state index in [2.05, 4.69) is 18.7 Å². The van der Waals surface area contributed by atoms with Crippen LogP contribution in [0.3, 0.4) is 0 Å². The molecule has 0 radical (unpaired) electrons. The first-order chi connectivity index (χ1) is 16.9. The maximum atomic E-state index is 13.4. The summed E-state index contributed by atoms with van der Waals surface area (Å²) in [6.45, 7) is 9.23. The van der Waals surface area contributed by atoms with Crippen LogP contribution in [0.4, 0.5) is 0 Å². The van der Waals surface area contributed by atoms with E-state index in [1.165, 1.54) is 0 Å². The smallest absolute Gasteiger partial charge is 0.274 e. The Morgan fingerprint density at radius 3 is 2.77 bits per heavy atom. The Kier molecular flexibility index (Phi) is 6.95. The molecule has 5 rings (SSSR count). The predicted molar refractivity (Wildman–Crippen MR) is 134 cm³/mol. The van der Waals surface area contributed by atoms with Gasteiger partial charge in [-0.15, -0.1) is 0 Å². The zero-order chi connectivity index (χ0) is 24.5. The van der Waals surface area contributed by atoms with Gasteiger partial charge in [0.1, 0.15) is 5.58 Å². The molecule has 0 spiro atoms. The average molecular weight is 499 g/mol. The van der Waals surface area contributed by atoms with Crippen molar-refractivity contribution in [2.45, 2.75) is 46.3 Å². The number of ether oxygens (including phenoxy) is 1. The molecule has 0 atom stereocenters. The summed E-state index contributed by atoms with van der Waals surface area (Å²) in [7, 11) is 0. The van der Waals surface area contributed by atoms with Gasteiger partial charge in [-0.05, 0) is 30.5 Å². The normalized spacial score (nSPS) is 16.7. The second-order valence-corrected chi connectivity index (χ2v) is 10.2. The highest BCUT2D eigenvalue weighted by Crippen LogP contribution is 2.26. The van der Waals surface area contributed by atoms with Gasteiger partial charge >= 0.3 is 0 Å². The van der Waals surface area contributed by atoms with E-state index in [-0.39, 0.29) is 11.3 Å². The second-order valence-electron chi connectivity index (χ2n) is 9.78. The number of rotatable bonds is 6. The van der Waals surface area contributed by atoms with Gasteiger partial charge < -0.3 is 14.1 Å². The van der Waals surface area contributed by atoms with Crippen molar-refractivity contribution in [3.05, 3.63) is 62.2 Å². The fraction of sp³-hybridized carbons (Fsp3) is 0.500. The summed E-state index contributed by atoms with van der Waals surface area (Å²) in [5.41, 5.74) is 3.68. The minimum absolute atomic E-state index is 0.0328. The van der Waals surface area contributed by atoms with E-state index in [0.29, 0.717) is 72.6 Å². The van der Waals surface area contributed by atoms with Gasteiger partial charge in [0.25, 0.3) is 5.91 Å². The van der Waals surface area contributed by atoms with Crippen LogP contribution in [0.5, 0.6) is 0 Å². The van der Waals surface area contributed by atoms with Gasteiger partial charge in [0.15, 0.2) is 11.1 Å². The van der Waals surface area contributed by atoms with E-state index in [1.807, 2.05) is 9.58 Å².